The molecule has 1 saturated carbocycles. The van der Waals surface area contributed by atoms with E-state index in [1.54, 1.807) is 11.4 Å². The van der Waals surface area contributed by atoms with Gasteiger partial charge in [0.15, 0.2) is 5.96 Å². The van der Waals surface area contributed by atoms with Crippen molar-refractivity contribution < 1.29 is 8.42 Å². The molecule has 3 aliphatic rings. The standard InChI is InChI=1S/C16H31N5O2S2/c1-13-11-14(12-21(13)15-3-4-15)19-16(17-2)18-5-10-25(22,23)20-6-8-24-9-7-20/h13-15H,3-12H2,1-2H3,(H2,17,18,19). The first-order valence-electron chi connectivity index (χ1n) is 9.28. The zero-order valence-electron chi connectivity index (χ0n) is 15.3. The summed E-state index contributed by atoms with van der Waals surface area (Å²) in [5, 5.41) is 6.64. The number of aliphatic imine (C=N–C) groups is 1. The van der Waals surface area contributed by atoms with Gasteiger partial charge in [0.05, 0.1) is 5.75 Å². The third-order valence-corrected chi connectivity index (χ3v) is 8.03. The first kappa shape index (κ1) is 19.3. The average molecular weight is 390 g/mol. The van der Waals surface area contributed by atoms with E-state index in [2.05, 4.69) is 27.4 Å². The fourth-order valence-corrected chi connectivity index (χ4v) is 6.21. The van der Waals surface area contributed by atoms with Crippen molar-refractivity contribution in [2.75, 3.05) is 50.5 Å². The number of hydrogen-bond acceptors (Lipinski definition) is 5. The van der Waals surface area contributed by atoms with Crippen molar-refractivity contribution in [3.8, 4) is 0 Å². The van der Waals surface area contributed by atoms with Crippen molar-refractivity contribution in [3.05, 3.63) is 0 Å². The van der Waals surface area contributed by atoms with E-state index in [1.807, 2.05) is 11.8 Å². The molecular weight excluding hydrogens is 358 g/mol. The molecule has 3 fully saturated rings. The Hall–Kier alpha value is -0.510. The van der Waals surface area contributed by atoms with Crippen molar-refractivity contribution in [2.45, 2.75) is 44.3 Å². The van der Waals surface area contributed by atoms with Gasteiger partial charge in [-0.2, -0.15) is 11.8 Å². The number of sulfonamides is 1. The highest BCUT2D eigenvalue weighted by atomic mass is 32.2. The predicted octanol–water partition coefficient (Wildman–Crippen LogP) is 0.155. The summed E-state index contributed by atoms with van der Waals surface area (Å²) in [4.78, 5) is 6.85. The van der Waals surface area contributed by atoms with Crippen LogP contribution in [0, 0.1) is 0 Å². The number of nitrogens with one attached hydrogen (secondary N) is 2. The molecule has 2 aliphatic heterocycles. The summed E-state index contributed by atoms with van der Waals surface area (Å²) in [6.07, 6.45) is 3.77. The van der Waals surface area contributed by atoms with E-state index in [1.165, 1.54) is 12.8 Å². The first-order chi connectivity index (χ1) is 12.0. The summed E-state index contributed by atoms with van der Waals surface area (Å²) in [5.41, 5.74) is 0. The molecule has 0 spiro atoms. The first-order valence-corrected chi connectivity index (χ1v) is 12.0. The molecule has 0 aromatic heterocycles. The number of rotatable bonds is 6. The fraction of sp³-hybridized carbons (Fsp3) is 0.938. The number of thioether (sulfide) groups is 1. The smallest absolute Gasteiger partial charge is 0.215 e. The highest BCUT2D eigenvalue weighted by Gasteiger charge is 2.38. The van der Waals surface area contributed by atoms with E-state index in [4.69, 9.17) is 0 Å². The maximum Gasteiger partial charge on any atom is 0.215 e. The van der Waals surface area contributed by atoms with Gasteiger partial charge in [-0.3, -0.25) is 9.89 Å². The molecular formula is C16H31N5O2S2. The lowest BCUT2D eigenvalue weighted by atomic mass is 10.2. The van der Waals surface area contributed by atoms with Crippen molar-refractivity contribution >= 4 is 27.7 Å². The highest BCUT2D eigenvalue weighted by molar-refractivity contribution is 7.99. The molecule has 0 aromatic rings. The van der Waals surface area contributed by atoms with Crippen LogP contribution in [0.3, 0.4) is 0 Å². The number of likely N-dealkylation sites (tertiary alicyclic amines) is 1. The summed E-state index contributed by atoms with van der Waals surface area (Å²) < 4.78 is 26.4. The van der Waals surface area contributed by atoms with Gasteiger partial charge in [0.2, 0.25) is 10.0 Å². The summed E-state index contributed by atoms with van der Waals surface area (Å²) in [6, 6.07) is 1.78. The molecule has 9 heteroatoms. The third-order valence-electron chi connectivity index (χ3n) is 5.22. The van der Waals surface area contributed by atoms with Gasteiger partial charge in [0.25, 0.3) is 0 Å². The van der Waals surface area contributed by atoms with Crippen LogP contribution < -0.4 is 10.6 Å². The summed E-state index contributed by atoms with van der Waals surface area (Å²) >= 11 is 1.82. The summed E-state index contributed by atoms with van der Waals surface area (Å²) in [5.74, 6) is 2.62. The van der Waals surface area contributed by atoms with Crippen LogP contribution >= 0.6 is 11.8 Å². The van der Waals surface area contributed by atoms with Crippen molar-refractivity contribution in [1.29, 1.82) is 0 Å². The van der Waals surface area contributed by atoms with Gasteiger partial charge in [-0.15, -0.1) is 0 Å². The van der Waals surface area contributed by atoms with Crippen LogP contribution in [0.25, 0.3) is 0 Å². The van der Waals surface area contributed by atoms with Crippen molar-refractivity contribution in [3.63, 3.8) is 0 Å². The van der Waals surface area contributed by atoms with Gasteiger partial charge >= 0.3 is 0 Å². The lowest BCUT2D eigenvalue weighted by Gasteiger charge is -2.26. The minimum atomic E-state index is -3.17. The molecule has 1 aliphatic carbocycles. The molecule has 144 valence electrons. The van der Waals surface area contributed by atoms with E-state index in [0.29, 0.717) is 37.7 Å². The Morgan fingerprint density at radius 3 is 2.64 bits per heavy atom. The quantitative estimate of drug-likeness (QED) is 0.498. The van der Waals surface area contributed by atoms with Gasteiger partial charge in [0, 0.05) is 62.9 Å². The van der Waals surface area contributed by atoms with Crippen LogP contribution in [0.4, 0.5) is 0 Å². The number of nitrogens with zero attached hydrogens (tertiary/aromatic N) is 3. The molecule has 0 radical (unpaired) electrons. The lowest BCUT2D eigenvalue weighted by molar-refractivity contribution is 0.256. The van der Waals surface area contributed by atoms with Crippen LogP contribution in [0.5, 0.6) is 0 Å². The molecule has 2 heterocycles. The molecule has 0 bridgehead atoms. The molecule has 25 heavy (non-hydrogen) atoms. The zero-order chi connectivity index (χ0) is 17.9. The molecule has 0 amide bonds. The van der Waals surface area contributed by atoms with Crippen LogP contribution in [0.1, 0.15) is 26.2 Å². The minimum absolute atomic E-state index is 0.119. The number of hydrogen-bond donors (Lipinski definition) is 2. The van der Waals surface area contributed by atoms with E-state index in [-0.39, 0.29) is 5.75 Å². The molecule has 2 saturated heterocycles. The van der Waals surface area contributed by atoms with Crippen molar-refractivity contribution in [1.82, 2.24) is 19.8 Å². The maximum atomic E-state index is 12.4. The molecule has 0 aromatic carbocycles. The monoisotopic (exact) mass is 389 g/mol. The highest BCUT2D eigenvalue weighted by Crippen LogP contribution is 2.33. The normalized spacial score (nSPS) is 29.8. The second-order valence-electron chi connectivity index (χ2n) is 7.18. The van der Waals surface area contributed by atoms with Gasteiger partial charge in [-0.25, -0.2) is 12.7 Å². The second-order valence-corrected chi connectivity index (χ2v) is 10.5. The van der Waals surface area contributed by atoms with Crippen molar-refractivity contribution in [2.24, 2.45) is 4.99 Å². The number of guanidine groups is 1. The Balaban J connectivity index is 1.42. The average Bonchev–Trinajstić information content (AvgIpc) is 3.38. The SMILES string of the molecule is CN=C(NCCS(=O)(=O)N1CCSCC1)NC1CC(C)N(C2CC2)C1. The molecule has 3 rings (SSSR count). The Labute approximate surface area is 156 Å². The molecule has 7 nitrogen and oxygen atoms in total. The predicted molar refractivity (Wildman–Crippen MR) is 105 cm³/mol. The topological polar surface area (TPSA) is 77.0 Å². The van der Waals surface area contributed by atoms with Crippen LogP contribution in [-0.2, 0) is 10.0 Å². The minimum Gasteiger partial charge on any atom is -0.355 e. The Kier molecular flexibility index (Phi) is 6.51. The third kappa shape index (κ3) is 5.24. The summed E-state index contributed by atoms with van der Waals surface area (Å²) in [6.45, 7) is 5.00. The van der Waals surface area contributed by atoms with Gasteiger partial charge in [0.1, 0.15) is 0 Å². The Morgan fingerprint density at radius 2 is 2.00 bits per heavy atom. The zero-order valence-corrected chi connectivity index (χ0v) is 16.9. The fourth-order valence-electron chi connectivity index (χ4n) is 3.72. The maximum absolute atomic E-state index is 12.4. The molecule has 2 unspecified atom stereocenters. The summed E-state index contributed by atoms with van der Waals surface area (Å²) in [7, 11) is -1.43. The van der Waals surface area contributed by atoms with Crippen LogP contribution in [0.2, 0.25) is 0 Å². The largest absolute Gasteiger partial charge is 0.355 e. The Morgan fingerprint density at radius 1 is 1.28 bits per heavy atom. The van der Waals surface area contributed by atoms with E-state index >= 15 is 0 Å². The van der Waals surface area contributed by atoms with Crippen LogP contribution in [-0.4, -0.2) is 92.2 Å². The van der Waals surface area contributed by atoms with E-state index in [0.717, 1.165) is 30.5 Å². The second kappa shape index (κ2) is 8.45. The van der Waals surface area contributed by atoms with Gasteiger partial charge < -0.3 is 10.6 Å². The van der Waals surface area contributed by atoms with E-state index < -0.39 is 10.0 Å². The molecule has 2 atom stereocenters. The molecule has 2 N–H and O–H groups in total. The lowest BCUT2D eigenvalue weighted by Crippen LogP contribution is -2.47. The van der Waals surface area contributed by atoms with E-state index in [9.17, 15) is 8.42 Å². The van der Waals surface area contributed by atoms with Gasteiger partial charge in [-0.05, 0) is 26.2 Å². The Bertz CT molecular complexity index is 573. The van der Waals surface area contributed by atoms with Gasteiger partial charge in [-0.1, -0.05) is 0 Å². The van der Waals surface area contributed by atoms with Crippen LogP contribution in [0.15, 0.2) is 4.99 Å².